The van der Waals surface area contributed by atoms with Crippen molar-refractivity contribution >= 4 is 21.4 Å². The van der Waals surface area contributed by atoms with Gasteiger partial charge in [-0.25, -0.2) is 13.1 Å². The molecule has 126 valence electrons. The molecule has 0 fully saturated rings. The Hall–Kier alpha value is -1.41. The van der Waals surface area contributed by atoms with E-state index in [1.807, 2.05) is 30.7 Å². The molecule has 0 aliphatic carbocycles. The van der Waals surface area contributed by atoms with Crippen molar-refractivity contribution < 1.29 is 18.3 Å². The molecule has 7 heteroatoms. The van der Waals surface area contributed by atoms with Gasteiger partial charge < -0.3 is 9.84 Å². The van der Waals surface area contributed by atoms with E-state index in [1.54, 1.807) is 12.1 Å². The van der Waals surface area contributed by atoms with Crippen molar-refractivity contribution in [1.29, 1.82) is 0 Å². The number of aliphatic hydroxyl groups excluding tert-OH is 1. The van der Waals surface area contributed by atoms with Crippen LogP contribution >= 0.6 is 11.3 Å². The highest BCUT2D eigenvalue weighted by atomic mass is 32.2. The van der Waals surface area contributed by atoms with Gasteiger partial charge >= 0.3 is 0 Å². The molecule has 0 saturated carbocycles. The van der Waals surface area contributed by atoms with Crippen LogP contribution in [-0.4, -0.2) is 27.2 Å². The van der Waals surface area contributed by atoms with Crippen molar-refractivity contribution in [2.45, 2.75) is 31.3 Å². The molecule has 23 heavy (non-hydrogen) atoms. The zero-order valence-electron chi connectivity index (χ0n) is 13.4. The van der Waals surface area contributed by atoms with Gasteiger partial charge in [0.2, 0.25) is 10.0 Å². The van der Waals surface area contributed by atoms with Gasteiger partial charge in [-0.05, 0) is 65.9 Å². The molecule has 1 heterocycles. The molecule has 0 aliphatic heterocycles. The van der Waals surface area contributed by atoms with Crippen molar-refractivity contribution in [3.8, 4) is 5.75 Å². The summed E-state index contributed by atoms with van der Waals surface area (Å²) in [6.07, 6.45) is -0.367. The van der Waals surface area contributed by atoms with E-state index in [1.165, 1.54) is 18.4 Å². The molecule has 0 aliphatic rings. The van der Waals surface area contributed by atoms with E-state index in [4.69, 9.17) is 4.74 Å². The van der Waals surface area contributed by atoms with Crippen LogP contribution in [0.5, 0.6) is 5.75 Å². The topological polar surface area (TPSA) is 75.6 Å². The van der Waals surface area contributed by atoms with Crippen molar-refractivity contribution in [3.63, 3.8) is 0 Å². The third kappa shape index (κ3) is 4.32. The molecule has 1 aromatic carbocycles. The Morgan fingerprint density at radius 1 is 1.30 bits per heavy atom. The lowest BCUT2D eigenvalue weighted by Gasteiger charge is -2.14. The Bertz CT molecular complexity index is 755. The first-order chi connectivity index (χ1) is 10.8. The summed E-state index contributed by atoms with van der Waals surface area (Å²) in [5, 5.41) is 13.7. The summed E-state index contributed by atoms with van der Waals surface area (Å²) in [5.41, 5.74) is 2.65. The fraction of sp³-hybridized carbons (Fsp3) is 0.375. The molecule has 1 atom stereocenters. The summed E-state index contributed by atoms with van der Waals surface area (Å²) < 4.78 is 32.7. The first kappa shape index (κ1) is 17.9. The van der Waals surface area contributed by atoms with E-state index in [0.29, 0.717) is 12.2 Å². The van der Waals surface area contributed by atoms with Gasteiger partial charge in [0.05, 0.1) is 13.2 Å². The van der Waals surface area contributed by atoms with Crippen LogP contribution in [-0.2, 0) is 10.0 Å². The van der Waals surface area contributed by atoms with E-state index in [2.05, 4.69) is 4.72 Å². The molecule has 0 bridgehead atoms. The molecule has 1 aromatic heterocycles. The van der Waals surface area contributed by atoms with Crippen LogP contribution in [0.15, 0.2) is 33.9 Å². The van der Waals surface area contributed by atoms with Crippen molar-refractivity contribution in [3.05, 3.63) is 45.6 Å². The highest BCUT2D eigenvalue weighted by Crippen LogP contribution is 2.27. The molecule has 2 N–H and O–H groups in total. The summed E-state index contributed by atoms with van der Waals surface area (Å²) >= 11 is 1.50. The number of hydrogen-bond acceptors (Lipinski definition) is 5. The van der Waals surface area contributed by atoms with Crippen LogP contribution in [0.2, 0.25) is 0 Å². The minimum absolute atomic E-state index is 0.119. The fourth-order valence-corrected chi connectivity index (χ4v) is 4.16. The maximum absolute atomic E-state index is 12.5. The number of thiophene rings is 1. The second-order valence-electron chi connectivity index (χ2n) is 5.35. The summed E-state index contributed by atoms with van der Waals surface area (Å²) in [4.78, 5) is 0.119. The standard InChI is InChI=1S/C16H21NO4S2/c1-11-8-15(21-3)16(9-12(11)2)23(19,20)17-6-4-14(18)13-5-7-22-10-13/h5,7-10,14,17-18H,4,6H2,1-3H3. The zero-order chi connectivity index (χ0) is 17.0. The Balaban J connectivity index is 2.09. The highest BCUT2D eigenvalue weighted by Gasteiger charge is 2.21. The largest absolute Gasteiger partial charge is 0.495 e. The quantitative estimate of drug-likeness (QED) is 0.801. The van der Waals surface area contributed by atoms with Gasteiger partial charge in [-0.15, -0.1) is 0 Å². The van der Waals surface area contributed by atoms with E-state index < -0.39 is 16.1 Å². The summed E-state index contributed by atoms with van der Waals surface area (Å²) in [6.45, 7) is 3.91. The van der Waals surface area contributed by atoms with Crippen molar-refractivity contribution in [2.75, 3.05) is 13.7 Å². The molecule has 2 aromatic rings. The lowest BCUT2D eigenvalue weighted by atomic mass is 10.1. The van der Waals surface area contributed by atoms with E-state index in [9.17, 15) is 13.5 Å². The SMILES string of the molecule is COc1cc(C)c(C)cc1S(=O)(=O)NCCC(O)c1ccsc1. The van der Waals surface area contributed by atoms with Gasteiger partial charge in [-0.3, -0.25) is 0 Å². The molecule has 1 unspecified atom stereocenters. The van der Waals surface area contributed by atoms with Crippen LogP contribution in [0, 0.1) is 13.8 Å². The van der Waals surface area contributed by atoms with Gasteiger partial charge in [0.1, 0.15) is 10.6 Å². The minimum Gasteiger partial charge on any atom is -0.495 e. The number of sulfonamides is 1. The molecule has 0 radical (unpaired) electrons. The molecule has 0 amide bonds. The maximum atomic E-state index is 12.5. The molecule has 0 saturated heterocycles. The normalized spacial score (nSPS) is 13.0. The Morgan fingerprint density at radius 3 is 2.61 bits per heavy atom. The average molecular weight is 355 g/mol. The smallest absolute Gasteiger partial charge is 0.244 e. The predicted molar refractivity (Wildman–Crippen MR) is 91.6 cm³/mol. The third-order valence-corrected chi connectivity index (χ3v) is 5.89. The molecular formula is C16H21NO4S2. The van der Waals surface area contributed by atoms with Gasteiger partial charge in [0.15, 0.2) is 0 Å². The fourth-order valence-electron chi connectivity index (χ4n) is 2.17. The predicted octanol–water partition coefficient (Wildman–Crippen LogP) is 2.78. The van der Waals surface area contributed by atoms with Gasteiger partial charge in [-0.2, -0.15) is 11.3 Å². The van der Waals surface area contributed by atoms with Crippen LogP contribution in [0.4, 0.5) is 0 Å². The van der Waals surface area contributed by atoms with Crippen molar-refractivity contribution in [2.24, 2.45) is 0 Å². The maximum Gasteiger partial charge on any atom is 0.244 e. The first-order valence-electron chi connectivity index (χ1n) is 7.20. The van der Waals surface area contributed by atoms with Crippen LogP contribution < -0.4 is 9.46 Å². The molecule has 5 nitrogen and oxygen atoms in total. The average Bonchev–Trinajstić information content (AvgIpc) is 3.03. The Kier molecular flexibility index (Phi) is 5.80. The van der Waals surface area contributed by atoms with Gasteiger partial charge in [-0.1, -0.05) is 0 Å². The first-order valence-corrected chi connectivity index (χ1v) is 9.63. The Labute approximate surface area is 141 Å². The van der Waals surface area contributed by atoms with E-state index in [-0.39, 0.29) is 11.4 Å². The van der Waals surface area contributed by atoms with Gasteiger partial charge in [0.25, 0.3) is 0 Å². The lowest BCUT2D eigenvalue weighted by Crippen LogP contribution is -2.26. The number of hydrogen-bond donors (Lipinski definition) is 2. The number of benzene rings is 1. The van der Waals surface area contributed by atoms with E-state index >= 15 is 0 Å². The molecule has 0 spiro atoms. The van der Waals surface area contributed by atoms with Crippen LogP contribution in [0.25, 0.3) is 0 Å². The lowest BCUT2D eigenvalue weighted by molar-refractivity contribution is 0.169. The number of aliphatic hydroxyl groups is 1. The monoisotopic (exact) mass is 355 g/mol. The Morgan fingerprint density at radius 2 is 2.00 bits per heavy atom. The minimum atomic E-state index is -3.69. The summed E-state index contributed by atoms with van der Waals surface area (Å²) in [5.74, 6) is 0.319. The number of methoxy groups -OCH3 is 1. The van der Waals surface area contributed by atoms with Crippen LogP contribution in [0.3, 0.4) is 0 Å². The van der Waals surface area contributed by atoms with Crippen LogP contribution in [0.1, 0.15) is 29.2 Å². The molecular weight excluding hydrogens is 334 g/mol. The third-order valence-electron chi connectivity index (χ3n) is 3.71. The second kappa shape index (κ2) is 7.44. The number of ether oxygens (including phenoxy) is 1. The second-order valence-corrected chi connectivity index (χ2v) is 7.86. The highest BCUT2D eigenvalue weighted by molar-refractivity contribution is 7.89. The number of rotatable bonds is 7. The number of nitrogens with one attached hydrogen (secondary N) is 1. The van der Waals surface area contributed by atoms with Gasteiger partial charge in [0, 0.05) is 6.54 Å². The van der Waals surface area contributed by atoms with Crippen molar-refractivity contribution in [1.82, 2.24) is 4.72 Å². The van der Waals surface area contributed by atoms with E-state index in [0.717, 1.165) is 16.7 Å². The summed E-state index contributed by atoms with van der Waals surface area (Å²) in [7, 11) is -2.24. The molecule has 2 rings (SSSR count). The number of aryl methyl sites for hydroxylation is 2. The summed E-state index contributed by atoms with van der Waals surface area (Å²) in [6, 6.07) is 5.14. The zero-order valence-corrected chi connectivity index (χ0v) is 15.0.